The maximum absolute atomic E-state index is 12.2. The van der Waals surface area contributed by atoms with Crippen LogP contribution >= 0.6 is 11.6 Å². The minimum absolute atomic E-state index is 0.187. The Morgan fingerprint density at radius 1 is 1.58 bits per heavy atom. The first-order valence-electron chi connectivity index (χ1n) is 6.59. The van der Waals surface area contributed by atoms with Gasteiger partial charge in [0.2, 0.25) is 0 Å². The lowest BCUT2D eigenvalue weighted by Crippen LogP contribution is -2.40. The number of rotatable bonds is 2. The van der Waals surface area contributed by atoms with E-state index in [9.17, 15) is 4.79 Å². The Bertz CT molecular complexity index is 488. The molecule has 2 rings (SSSR count). The zero-order valence-corrected chi connectivity index (χ0v) is 12.1. The summed E-state index contributed by atoms with van der Waals surface area (Å²) < 4.78 is 0. The number of hydrogen-bond donors (Lipinski definition) is 2. The molecular formula is C14H20ClN3O. The first kappa shape index (κ1) is 14.1. The van der Waals surface area contributed by atoms with Crippen molar-refractivity contribution in [2.45, 2.75) is 45.6 Å². The fourth-order valence-electron chi connectivity index (χ4n) is 2.71. The van der Waals surface area contributed by atoms with E-state index in [1.54, 1.807) is 6.07 Å². The van der Waals surface area contributed by atoms with Crippen molar-refractivity contribution in [2.24, 2.45) is 5.41 Å². The Morgan fingerprint density at radius 3 is 3.00 bits per heavy atom. The van der Waals surface area contributed by atoms with Gasteiger partial charge in [-0.3, -0.25) is 4.79 Å². The molecule has 0 bridgehead atoms. The molecule has 1 aliphatic rings. The minimum atomic E-state index is -0.187. The van der Waals surface area contributed by atoms with Crippen LogP contribution in [-0.2, 0) is 0 Å². The Balaban J connectivity index is 2.06. The van der Waals surface area contributed by atoms with Crippen LogP contribution in [-0.4, -0.2) is 16.9 Å². The summed E-state index contributed by atoms with van der Waals surface area (Å²) in [5, 5.41) is 3.24. The second-order valence-corrected chi connectivity index (χ2v) is 6.40. The number of nitrogens with two attached hydrogens (primary N) is 1. The molecule has 0 aromatic carbocycles. The number of nitrogen functional groups attached to an aromatic ring is 1. The third-order valence-electron chi connectivity index (χ3n) is 3.65. The molecule has 3 N–H and O–H groups in total. The molecule has 5 heteroatoms. The number of aromatic nitrogens is 1. The van der Waals surface area contributed by atoms with Gasteiger partial charge in [0.1, 0.15) is 5.15 Å². The normalized spacial score (nSPS) is 21.9. The first-order valence-corrected chi connectivity index (χ1v) is 6.97. The zero-order valence-electron chi connectivity index (χ0n) is 11.4. The largest absolute Gasteiger partial charge is 0.397 e. The number of hydrogen-bond acceptors (Lipinski definition) is 3. The van der Waals surface area contributed by atoms with Crippen molar-refractivity contribution in [1.82, 2.24) is 10.3 Å². The monoisotopic (exact) mass is 281 g/mol. The van der Waals surface area contributed by atoms with Crippen LogP contribution in [0, 0.1) is 5.41 Å². The highest BCUT2D eigenvalue weighted by Gasteiger charge is 2.29. The molecule has 1 fully saturated rings. The number of nitrogens with zero attached hydrogens (tertiary/aromatic N) is 1. The third kappa shape index (κ3) is 3.60. The van der Waals surface area contributed by atoms with Crippen molar-refractivity contribution < 1.29 is 4.79 Å². The summed E-state index contributed by atoms with van der Waals surface area (Å²) in [5.41, 5.74) is 6.72. The second-order valence-electron chi connectivity index (χ2n) is 6.04. The lowest BCUT2D eigenvalue weighted by atomic mass is 9.75. The average Bonchev–Trinajstić information content (AvgIpc) is 2.31. The van der Waals surface area contributed by atoms with Crippen LogP contribution in [0.3, 0.4) is 0 Å². The summed E-state index contributed by atoms with van der Waals surface area (Å²) in [6.07, 6.45) is 5.80. The second kappa shape index (κ2) is 5.37. The molecule has 0 aliphatic heterocycles. The van der Waals surface area contributed by atoms with E-state index in [0.717, 1.165) is 19.3 Å². The number of carbonyl (C=O) groups is 1. The maximum Gasteiger partial charge on any atom is 0.254 e. The molecule has 1 aromatic rings. The van der Waals surface area contributed by atoms with Crippen molar-refractivity contribution in [1.29, 1.82) is 0 Å². The predicted octanol–water partition coefficient (Wildman–Crippen LogP) is 3.02. The van der Waals surface area contributed by atoms with Crippen molar-refractivity contribution in [2.75, 3.05) is 5.73 Å². The Morgan fingerprint density at radius 2 is 2.32 bits per heavy atom. The van der Waals surface area contributed by atoms with Crippen LogP contribution < -0.4 is 11.1 Å². The molecule has 0 saturated heterocycles. The summed E-state index contributed by atoms with van der Waals surface area (Å²) in [5.74, 6) is -0.187. The predicted molar refractivity (Wildman–Crippen MR) is 77.2 cm³/mol. The highest BCUT2D eigenvalue weighted by molar-refractivity contribution is 6.32. The van der Waals surface area contributed by atoms with E-state index < -0.39 is 0 Å². The van der Waals surface area contributed by atoms with Gasteiger partial charge in [-0.25, -0.2) is 4.98 Å². The van der Waals surface area contributed by atoms with Gasteiger partial charge in [-0.15, -0.1) is 0 Å². The van der Waals surface area contributed by atoms with Gasteiger partial charge in [0.05, 0.1) is 17.4 Å². The molecular weight excluding hydrogens is 262 g/mol. The van der Waals surface area contributed by atoms with E-state index >= 15 is 0 Å². The van der Waals surface area contributed by atoms with Crippen molar-refractivity contribution in [3.05, 3.63) is 23.0 Å². The molecule has 104 valence electrons. The number of carbonyl (C=O) groups excluding carboxylic acids is 1. The summed E-state index contributed by atoms with van der Waals surface area (Å²) in [6.45, 7) is 4.47. The first-order chi connectivity index (χ1) is 8.87. The van der Waals surface area contributed by atoms with Crippen LogP contribution in [0.25, 0.3) is 0 Å². The standard InChI is InChI=1S/C14H20ClN3O/c1-14(2)5-3-4-10(7-14)18-13(19)11-6-9(16)8-17-12(11)15/h6,8,10H,3-5,7,16H2,1-2H3,(H,18,19). The number of halogens is 1. The van der Waals surface area contributed by atoms with Crippen LogP contribution in [0.5, 0.6) is 0 Å². The van der Waals surface area contributed by atoms with Gasteiger partial charge < -0.3 is 11.1 Å². The molecule has 19 heavy (non-hydrogen) atoms. The molecule has 1 amide bonds. The topological polar surface area (TPSA) is 68.0 Å². The van der Waals surface area contributed by atoms with Gasteiger partial charge in [0.25, 0.3) is 5.91 Å². The maximum atomic E-state index is 12.2. The van der Waals surface area contributed by atoms with Crippen molar-refractivity contribution in [3.8, 4) is 0 Å². The molecule has 1 unspecified atom stereocenters. The minimum Gasteiger partial charge on any atom is -0.397 e. The summed E-state index contributed by atoms with van der Waals surface area (Å²) in [6, 6.07) is 1.77. The van der Waals surface area contributed by atoms with E-state index in [2.05, 4.69) is 24.1 Å². The number of nitrogens with one attached hydrogen (secondary N) is 1. The van der Waals surface area contributed by atoms with Gasteiger partial charge in [-0.1, -0.05) is 31.9 Å². The molecule has 1 aromatic heterocycles. The number of anilines is 1. The van der Waals surface area contributed by atoms with Gasteiger partial charge in [-0.2, -0.15) is 0 Å². The third-order valence-corrected chi connectivity index (χ3v) is 3.95. The van der Waals surface area contributed by atoms with Gasteiger partial charge >= 0.3 is 0 Å². The van der Waals surface area contributed by atoms with Crippen LogP contribution in [0.4, 0.5) is 5.69 Å². The van der Waals surface area contributed by atoms with E-state index in [-0.39, 0.29) is 22.5 Å². The van der Waals surface area contributed by atoms with E-state index in [1.165, 1.54) is 12.6 Å². The average molecular weight is 282 g/mol. The van der Waals surface area contributed by atoms with Crippen LogP contribution in [0.1, 0.15) is 49.9 Å². The van der Waals surface area contributed by atoms with Crippen molar-refractivity contribution in [3.63, 3.8) is 0 Å². The summed E-state index contributed by atoms with van der Waals surface area (Å²) in [4.78, 5) is 16.1. The summed E-state index contributed by atoms with van der Waals surface area (Å²) in [7, 11) is 0. The molecule has 0 radical (unpaired) electrons. The Labute approximate surface area is 118 Å². The number of pyridine rings is 1. The number of amides is 1. The quantitative estimate of drug-likeness (QED) is 0.819. The molecule has 0 spiro atoms. The molecule has 1 heterocycles. The van der Waals surface area contributed by atoms with Crippen molar-refractivity contribution >= 4 is 23.2 Å². The van der Waals surface area contributed by atoms with Crippen LogP contribution in [0.2, 0.25) is 5.15 Å². The fourth-order valence-corrected chi connectivity index (χ4v) is 2.90. The lowest BCUT2D eigenvalue weighted by Gasteiger charge is -2.35. The molecule has 1 aliphatic carbocycles. The molecule has 1 saturated carbocycles. The van der Waals surface area contributed by atoms with Gasteiger partial charge in [0.15, 0.2) is 0 Å². The van der Waals surface area contributed by atoms with Gasteiger partial charge in [-0.05, 0) is 30.7 Å². The SMILES string of the molecule is CC1(C)CCCC(NC(=O)c2cc(N)cnc2Cl)C1. The molecule has 4 nitrogen and oxygen atoms in total. The van der Waals surface area contributed by atoms with E-state index in [4.69, 9.17) is 17.3 Å². The van der Waals surface area contributed by atoms with E-state index in [1.807, 2.05) is 0 Å². The van der Waals surface area contributed by atoms with Crippen LogP contribution in [0.15, 0.2) is 12.3 Å². The molecule has 1 atom stereocenters. The van der Waals surface area contributed by atoms with Gasteiger partial charge in [0, 0.05) is 6.04 Å². The summed E-state index contributed by atoms with van der Waals surface area (Å²) >= 11 is 5.94. The van der Waals surface area contributed by atoms with E-state index in [0.29, 0.717) is 11.3 Å². The lowest BCUT2D eigenvalue weighted by molar-refractivity contribution is 0.0902. The Kier molecular flexibility index (Phi) is 3.99. The fraction of sp³-hybridized carbons (Fsp3) is 0.571. The smallest absolute Gasteiger partial charge is 0.254 e. The Hall–Kier alpha value is -1.29. The highest BCUT2D eigenvalue weighted by atomic mass is 35.5. The zero-order chi connectivity index (χ0) is 14.0. The highest BCUT2D eigenvalue weighted by Crippen LogP contribution is 2.35.